The minimum atomic E-state index is -1.12. The number of unbranched alkanes of at least 4 members (excludes halogenated alkanes) is 1. The van der Waals surface area contributed by atoms with Crippen LogP contribution in [0.4, 0.5) is 4.79 Å². The lowest BCUT2D eigenvalue weighted by Crippen LogP contribution is -2.62. The van der Waals surface area contributed by atoms with Gasteiger partial charge in [-0.1, -0.05) is 112 Å². The molecule has 0 radical (unpaired) electrons. The number of carbonyl (C=O) groups is 7. The topological polar surface area (TPSA) is 174 Å². The Balaban J connectivity index is 1.90. The molecule has 13 nitrogen and oxygen atoms in total. The second-order valence-electron chi connectivity index (χ2n) is 17.4. The Morgan fingerprint density at radius 1 is 0.964 bits per heavy atom. The van der Waals surface area contributed by atoms with Crippen LogP contribution in [0.1, 0.15) is 104 Å². The van der Waals surface area contributed by atoms with E-state index in [-0.39, 0.29) is 44.3 Å². The molecule has 55 heavy (non-hydrogen) atoms. The molecule has 0 saturated carbocycles. The van der Waals surface area contributed by atoms with Gasteiger partial charge in [0.25, 0.3) is 11.8 Å². The summed E-state index contributed by atoms with van der Waals surface area (Å²) in [5, 5.41) is 11.1. The second kappa shape index (κ2) is 18.7. The third-order valence-corrected chi connectivity index (χ3v) is 10.2. The summed E-state index contributed by atoms with van der Waals surface area (Å²) in [4.78, 5) is 97.8. The molecule has 2 heterocycles. The zero-order chi connectivity index (χ0) is 41.4. The van der Waals surface area contributed by atoms with Gasteiger partial charge >= 0.3 is 6.03 Å². The summed E-state index contributed by atoms with van der Waals surface area (Å²) >= 11 is 0. The number of hydrogen-bond donors (Lipinski definition) is 4. The second-order valence-corrected chi connectivity index (χ2v) is 17.4. The molecule has 4 N–H and O–H groups in total. The van der Waals surface area contributed by atoms with Crippen LogP contribution in [0.15, 0.2) is 49.1 Å². The molecule has 2 aliphatic heterocycles. The average molecular weight is 763 g/mol. The van der Waals surface area contributed by atoms with E-state index in [1.165, 1.54) is 15.9 Å². The van der Waals surface area contributed by atoms with Crippen molar-refractivity contribution in [1.29, 1.82) is 0 Å². The number of fused-ring (bicyclic) bond motifs is 1. The van der Waals surface area contributed by atoms with Crippen LogP contribution in [-0.2, 0) is 30.4 Å². The summed E-state index contributed by atoms with van der Waals surface area (Å²) in [6.45, 7) is 24.9. The Hall–Kier alpha value is -4.81. The molecule has 0 aromatic heterocycles. The number of rotatable bonds is 16. The van der Waals surface area contributed by atoms with Gasteiger partial charge in [-0.25, -0.2) is 4.79 Å². The first-order valence-corrected chi connectivity index (χ1v) is 19.3. The number of nitrogens with one attached hydrogen (secondary N) is 4. The van der Waals surface area contributed by atoms with E-state index in [0.29, 0.717) is 29.5 Å². The maximum absolute atomic E-state index is 14.7. The van der Waals surface area contributed by atoms with Crippen LogP contribution in [0.3, 0.4) is 0 Å². The molecular formula is C42H62N6O7. The first-order chi connectivity index (χ1) is 25.6. The van der Waals surface area contributed by atoms with Crippen molar-refractivity contribution in [1.82, 2.24) is 31.1 Å². The van der Waals surface area contributed by atoms with E-state index in [1.807, 2.05) is 41.5 Å². The van der Waals surface area contributed by atoms with Gasteiger partial charge in [0.05, 0.1) is 18.5 Å². The van der Waals surface area contributed by atoms with Crippen LogP contribution in [0.25, 0.3) is 0 Å². The molecule has 1 aromatic rings. The van der Waals surface area contributed by atoms with E-state index in [1.54, 1.807) is 45.0 Å². The lowest BCUT2D eigenvalue weighted by molar-refractivity contribution is -0.144. The number of imide groups is 1. The van der Waals surface area contributed by atoms with Gasteiger partial charge in [-0.2, -0.15) is 0 Å². The SMILES string of the molecule is C=CCNC(=O)C(=O)C(CCCC)NC(=O)[C@@H]1[C@@H](CC(C)C)C(=C)CN1C(=O)[C@@H](NC(=O)N[C@H](CN1C(=O)Cc2ccccc2C1=O)C(C)(C)C)C(C)(C)C. The molecule has 2 aliphatic rings. The summed E-state index contributed by atoms with van der Waals surface area (Å²) in [6.07, 6.45) is 3.60. The summed E-state index contributed by atoms with van der Waals surface area (Å²) < 4.78 is 0. The summed E-state index contributed by atoms with van der Waals surface area (Å²) in [7, 11) is 0. The van der Waals surface area contributed by atoms with Crippen LogP contribution >= 0.6 is 0 Å². The van der Waals surface area contributed by atoms with Gasteiger partial charge in [-0.15, -0.1) is 6.58 Å². The molecule has 1 unspecified atom stereocenters. The van der Waals surface area contributed by atoms with Crippen LogP contribution in [0.2, 0.25) is 0 Å². The molecule has 1 fully saturated rings. The Morgan fingerprint density at radius 2 is 1.62 bits per heavy atom. The third-order valence-electron chi connectivity index (χ3n) is 10.2. The van der Waals surface area contributed by atoms with Gasteiger partial charge in [0, 0.05) is 31.1 Å². The quantitative estimate of drug-likeness (QED) is 0.110. The van der Waals surface area contributed by atoms with Gasteiger partial charge in [0.15, 0.2) is 0 Å². The number of ketones is 1. The van der Waals surface area contributed by atoms with Crippen LogP contribution in [0.5, 0.6) is 0 Å². The number of nitrogens with zero attached hydrogens (tertiary/aromatic N) is 2. The van der Waals surface area contributed by atoms with Crippen LogP contribution in [0, 0.1) is 22.7 Å². The highest BCUT2D eigenvalue weighted by Crippen LogP contribution is 2.36. The number of likely N-dealkylation sites (tertiary alicyclic amines) is 1. The third kappa shape index (κ3) is 11.4. The Morgan fingerprint density at radius 3 is 2.20 bits per heavy atom. The fourth-order valence-corrected chi connectivity index (χ4v) is 7.01. The molecule has 13 heteroatoms. The van der Waals surface area contributed by atoms with E-state index >= 15 is 0 Å². The first-order valence-electron chi connectivity index (χ1n) is 19.3. The predicted molar refractivity (Wildman–Crippen MR) is 212 cm³/mol. The lowest BCUT2D eigenvalue weighted by Gasteiger charge is -2.39. The average Bonchev–Trinajstić information content (AvgIpc) is 3.42. The predicted octanol–water partition coefficient (Wildman–Crippen LogP) is 4.32. The summed E-state index contributed by atoms with van der Waals surface area (Å²) in [6, 6.07) is 2.30. The van der Waals surface area contributed by atoms with Crippen molar-refractivity contribution in [3.05, 3.63) is 60.2 Å². The van der Waals surface area contributed by atoms with Crippen LogP contribution < -0.4 is 21.3 Å². The fraction of sp³-hybridized carbons (Fsp3) is 0.595. The summed E-state index contributed by atoms with van der Waals surface area (Å²) in [5.74, 6) is -3.81. The van der Waals surface area contributed by atoms with Crippen molar-refractivity contribution in [3.8, 4) is 0 Å². The first kappa shape index (κ1) is 44.6. The number of amides is 7. The van der Waals surface area contributed by atoms with E-state index in [9.17, 15) is 33.6 Å². The van der Waals surface area contributed by atoms with Crippen molar-refractivity contribution in [2.24, 2.45) is 22.7 Å². The minimum absolute atomic E-state index is 0.0584. The molecule has 3 rings (SSSR count). The maximum atomic E-state index is 14.7. The highest BCUT2D eigenvalue weighted by atomic mass is 16.2. The zero-order valence-corrected chi connectivity index (χ0v) is 34.2. The number of benzene rings is 1. The largest absolute Gasteiger partial charge is 0.346 e. The monoisotopic (exact) mass is 762 g/mol. The minimum Gasteiger partial charge on any atom is -0.346 e. The van der Waals surface area contributed by atoms with Gasteiger partial charge in [0.2, 0.25) is 23.5 Å². The number of carbonyl (C=O) groups excluding carboxylic acids is 7. The molecule has 0 spiro atoms. The smallest absolute Gasteiger partial charge is 0.315 e. The molecule has 302 valence electrons. The van der Waals surface area contributed by atoms with E-state index in [4.69, 9.17) is 0 Å². The standard InChI is InChI=1S/C42H62N6O7/c1-12-14-19-30(34(50)37(52)43-20-13-2)44-36(51)33-29(21-25(3)4)26(5)23-48(33)39(54)35(42(9,10)11)46-40(55)45-31(41(6,7)8)24-47-32(49)22-27-17-15-16-18-28(27)38(47)53/h13,15-18,25,29-31,33,35H,2,5,12,14,19-24H2,1,3-4,6-11H3,(H,43,52)(H,44,51)(H2,45,46,55)/t29-,30?,31+,33-,35+/m0/s1. The molecule has 0 aliphatic carbocycles. The molecule has 1 aromatic carbocycles. The molecule has 7 amide bonds. The zero-order valence-electron chi connectivity index (χ0n) is 34.2. The van der Waals surface area contributed by atoms with Crippen molar-refractivity contribution in [2.45, 2.75) is 119 Å². The lowest BCUT2D eigenvalue weighted by atomic mass is 9.84. The Bertz CT molecular complexity index is 1660. The highest BCUT2D eigenvalue weighted by molar-refractivity contribution is 6.38. The van der Waals surface area contributed by atoms with E-state index in [2.05, 4.69) is 34.4 Å². The van der Waals surface area contributed by atoms with Gasteiger partial charge in [-0.3, -0.25) is 33.7 Å². The molecular weight excluding hydrogens is 700 g/mol. The molecule has 5 atom stereocenters. The number of urea groups is 1. The Kier molecular flexibility index (Phi) is 15.1. The van der Waals surface area contributed by atoms with Crippen molar-refractivity contribution in [2.75, 3.05) is 19.6 Å². The van der Waals surface area contributed by atoms with Crippen molar-refractivity contribution in [3.63, 3.8) is 0 Å². The van der Waals surface area contributed by atoms with Crippen molar-refractivity contribution < 1.29 is 33.6 Å². The summed E-state index contributed by atoms with van der Waals surface area (Å²) in [5.41, 5.74) is 0.323. The van der Waals surface area contributed by atoms with Gasteiger partial charge in [0.1, 0.15) is 12.1 Å². The van der Waals surface area contributed by atoms with Crippen molar-refractivity contribution >= 4 is 41.4 Å². The molecule has 0 bridgehead atoms. The number of Topliss-reactive ketones (excluding diaryl/α,β-unsaturated/α-hetero) is 1. The van der Waals surface area contributed by atoms with Gasteiger partial charge < -0.3 is 26.2 Å². The maximum Gasteiger partial charge on any atom is 0.315 e. The Labute approximate surface area is 326 Å². The highest BCUT2D eigenvalue weighted by Gasteiger charge is 2.49. The fourth-order valence-electron chi connectivity index (χ4n) is 7.01. The van der Waals surface area contributed by atoms with Crippen LogP contribution in [-0.4, -0.2) is 95.0 Å². The normalized spacial score (nSPS) is 19.0. The number of hydrogen-bond acceptors (Lipinski definition) is 7. The molecule has 1 saturated heterocycles. The van der Waals surface area contributed by atoms with Gasteiger partial charge in [-0.05, 0) is 41.2 Å². The van der Waals surface area contributed by atoms with E-state index in [0.717, 1.165) is 6.42 Å². The van der Waals surface area contributed by atoms with E-state index < -0.39 is 76.4 Å².